The van der Waals surface area contributed by atoms with Crippen LogP contribution in [0.15, 0.2) is 46.3 Å². The van der Waals surface area contributed by atoms with Crippen LogP contribution >= 0.6 is 27.3 Å². The Bertz CT molecular complexity index is 671. The van der Waals surface area contributed by atoms with Gasteiger partial charge in [-0.25, -0.2) is 4.79 Å². The van der Waals surface area contributed by atoms with Crippen molar-refractivity contribution in [3.63, 3.8) is 0 Å². The Balaban J connectivity index is 1.86. The number of benzene rings is 1. The van der Waals surface area contributed by atoms with Gasteiger partial charge in [-0.3, -0.25) is 4.79 Å². The zero-order valence-corrected chi connectivity index (χ0v) is 13.7. The number of hydrogen-bond acceptors (Lipinski definition) is 4. The normalized spacial score (nSPS) is 10.8. The lowest BCUT2D eigenvalue weighted by Crippen LogP contribution is -2.12. The lowest BCUT2D eigenvalue weighted by atomic mass is 10.1. The molecule has 0 aliphatic carbocycles. The van der Waals surface area contributed by atoms with Crippen LogP contribution < -0.4 is 0 Å². The molecule has 0 radical (unpaired) electrons. The number of esters is 1. The molecule has 0 spiro atoms. The number of thiophene rings is 1. The summed E-state index contributed by atoms with van der Waals surface area (Å²) in [5.74, 6) is -0.746. The smallest absolute Gasteiger partial charge is 0.331 e. The third-order valence-electron chi connectivity index (χ3n) is 2.78. The average Bonchev–Trinajstić information content (AvgIpc) is 2.88. The van der Waals surface area contributed by atoms with E-state index in [1.54, 1.807) is 41.7 Å². The molecule has 0 bridgehead atoms. The summed E-state index contributed by atoms with van der Waals surface area (Å²) in [4.78, 5) is 24.4. The van der Waals surface area contributed by atoms with Crippen molar-refractivity contribution in [3.05, 3.63) is 62.3 Å². The zero-order chi connectivity index (χ0) is 15.2. The van der Waals surface area contributed by atoms with Gasteiger partial charge in [-0.2, -0.15) is 0 Å². The molecule has 21 heavy (non-hydrogen) atoms. The number of halogens is 1. The molecule has 1 aromatic carbocycles. The summed E-state index contributed by atoms with van der Waals surface area (Å²) in [5.41, 5.74) is 1.62. The molecular formula is C16H13BrO3S. The molecule has 0 aliphatic rings. The third kappa shape index (κ3) is 4.65. The molecule has 3 nitrogen and oxygen atoms in total. The minimum atomic E-state index is -0.520. The summed E-state index contributed by atoms with van der Waals surface area (Å²) in [6.45, 7) is 1.72. The largest absolute Gasteiger partial charge is 0.454 e. The number of carbonyl (C=O) groups excluding carboxylic acids is 2. The summed E-state index contributed by atoms with van der Waals surface area (Å²) in [6.07, 6.45) is 3.04. The molecule has 0 saturated carbocycles. The first-order valence-electron chi connectivity index (χ1n) is 6.24. The van der Waals surface area contributed by atoms with Gasteiger partial charge in [0.2, 0.25) is 0 Å². The highest BCUT2D eigenvalue weighted by Crippen LogP contribution is 2.17. The molecule has 0 aliphatic heterocycles. The summed E-state index contributed by atoms with van der Waals surface area (Å²) >= 11 is 4.85. The van der Waals surface area contributed by atoms with Crippen LogP contribution in [0.3, 0.4) is 0 Å². The van der Waals surface area contributed by atoms with Gasteiger partial charge in [-0.05, 0) is 42.1 Å². The fourth-order valence-electron chi connectivity index (χ4n) is 1.60. The third-order valence-corrected chi connectivity index (χ3v) is 4.30. The Kier molecular flexibility index (Phi) is 5.47. The summed E-state index contributed by atoms with van der Waals surface area (Å²) in [6, 6.07) is 8.89. The van der Waals surface area contributed by atoms with E-state index >= 15 is 0 Å². The van der Waals surface area contributed by atoms with Crippen LogP contribution in [0.5, 0.6) is 0 Å². The molecule has 0 saturated heterocycles. The van der Waals surface area contributed by atoms with Gasteiger partial charge in [0, 0.05) is 21.0 Å². The van der Waals surface area contributed by atoms with Crippen LogP contribution in [0.1, 0.15) is 20.8 Å². The summed E-state index contributed by atoms with van der Waals surface area (Å²) in [5, 5.41) is 1.96. The second kappa shape index (κ2) is 7.33. The Labute approximate surface area is 135 Å². The van der Waals surface area contributed by atoms with Crippen LogP contribution in [0, 0.1) is 6.92 Å². The van der Waals surface area contributed by atoms with Crippen molar-refractivity contribution in [1.82, 2.24) is 0 Å². The SMILES string of the molecule is Cc1ccsc1/C=C/C(=O)OCC(=O)c1ccc(Br)cc1. The number of ether oxygens (including phenoxy) is 1. The van der Waals surface area contributed by atoms with Crippen LogP contribution in [0.25, 0.3) is 6.08 Å². The second-order valence-corrected chi connectivity index (χ2v) is 6.20. The quantitative estimate of drug-likeness (QED) is 0.452. The van der Waals surface area contributed by atoms with Crippen LogP contribution in [-0.4, -0.2) is 18.4 Å². The molecule has 0 amide bonds. The van der Waals surface area contributed by atoms with E-state index in [9.17, 15) is 9.59 Å². The summed E-state index contributed by atoms with van der Waals surface area (Å²) in [7, 11) is 0. The average molecular weight is 365 g/mol. The summed E-state index contributed by atoms with van der Waals surface area (Å²) < 4.78 is 5.84. The van der Waals surface area contributed by atoms with Crippen LogP contribution in [0.4, 0.5) is 0 Å². The Morgan fingerprint density at radius 1 is 1.24 bits per heavy atom. The van der Waals surface area contributed by atoms with Crippen molar-refractivity contribution in [2.75, 3.05) is 6.61 Å². The molecule has 2 aromatic rings. The number of rotatable bonds is 5. The Morgan fingerprint density at radius 3 is 2.57 bits per heavy atom. The highest BCUT2D eigenvalue weighted by atomic mass is 79.9. The van der Waals surface area contributed by atoms with Gasteiger partial charge in [0.25, 0.3) is 0 Å². The number of aryl methyl sites for hydroxylation is 1. The maximum Gasteiger partial charge on any atom is 0.331 e. The zero-order valence-electron chi connectivity index (χ0n) is 11.3. The number of hydrogen-bond donors (Lipinski definition) is 0. The highest BCUT2D eigenvalue weighted by Gasteiger charge is 2.08. The standard InChI is InChI=1S/C16H13BrO3S/c1-11-8-9-21-15(11)6-7-16(19)20-10-14(18)12-2-4-13(17)5-3-12/h2-9H,10H2,1H3/b7-6+. The lowest BCUT2D eigenvalue weighted by molar-refractivity contribution is -0.136. The van der Waals surface area contributed by atoms with Crippen LogP contribution in [-0.2, 0) is 9.53 Å². The maximum atomic E-state index is 11.8. The van der Waals surface area contributed by atoms with Crippen molar-refractivity contribution in [3.8, 4) is 0 Å². The van der Waals surface area contributed by atoms with Gasteiger partial charge in [0.1, 0.15) is 0 Å². The maximum absolute atomic E-state index is 11.8. The molecule has 1 aromatic heterocycles. The Hall–Kier alpha value is -1.72. The first-order chi connectivity index (χ1) is 10.1. The van der Waals surface area contributed by atoms with Gasteiger partial charge < -0.3 is 4.74 Å². The van der Waals surface area contributed by atoms with Crippen molar-refractivity contribution >= 4 is 45.1 Å². The van der Waals surface area contributed by atoms with E-state index in [1.807, 2.05) is 18.4 Å². The monoisotopic (exact) mass is 364 g/mol. The van der Waals surface area contributed by atoms with E-state index in [2.05, 4.69) is 15.9 Å². The van der Waals surface area contributed by atoms with Gasteiger partial charge in [-0.1, -0.05) is 28.1 Å². The number of ketones is 1. The Morgan fingerprint density at radius 2 is 1.95 bits per heavy atom. The molecule has 0 unspecified atom stereocenters. The van der Waals surface area contributed by atoms with Crippen molar-refractivity contribution in [2.24, 2.45) is 0 Å². The molecular weight excluding hydrogens is 352 g/mol. The van der Waals surface area contributed by atoms with Gasteiger partial charge in [0.15, 0.2) is 12.4 Å². The van der Waals surface area contributed by atoms with E-state index in [-0.39, 0.29) is 12.4 Å². The minimum absolute atomic E-state index is 0.225. The van der Waals surface area contributed by atoms with E-state index in [4.69, 9.17) is 4.74 Å². The lowest BCUT2D eigenvalue weighted by Gasteiger charge is -2.02. The molecule has 108 valence electrons. The minimum Gasteiger partial charge on any atom is -0.454 e. The van der Waals surface area contributed by atoms with Gasteiger partial charge in [0.05, 0.1) is 0 Å². The fourth-order valence-corrected chi connectivity index (χ4v) is 2.69. The topological polar surface area (TPSA) is 43.4 Å². The first kappa shape index (κ1) is 15.7. The first-order valence-corrected chi connectivity index (χ1v) is 7.91. The van der Waals surface area contributed by atoms with Crippen molar-refractivity contribution < 1.29 is 14.3 Å². The van der Waals surface area contributed by atoms with Crippen molar-refractivity contribution in [1.29, 1.82) is 0 Å². The van der Waals surface area contributed by atoms with Gasteiger partial charge >= 0.3 is 5.97 Å². The highest BCUT2D eigenvalue weighted by molar-refractivity contribution is 9.10. The molecule has 0 fully saturated rings. The number of carbonyl (C=O) groups is 2. The molecule has 2 rings (SSSR count). The molecule has 0 N–H and O–H groups in total. The predicted octanol–water partition coefficient (Wildman–Crippen LogP) is 4.26. The molecule has 1 heterocycles. The number of Topliss-reactive ketones (excluding diaryl/α,β-unsaturated/α-hetero) is 1. The molecule has 0 atom stereocenters. The van der Waals surface area contributed by atoms with Gasteiger partial charge in [-0.15, -0.1) is 11.3 Å². The predicted molar refractivity (Wildman–Crippen MR) is 87.5 cm³/mol. The van der Waals surface area contributed by atoms with E-state index < -0.39 is 5.97 Å². The fraction of sp³-hybridized carbons (Fsp3) is 0.125. The molecule has 5 heteroatoms. The van der Waals surface area contributed by atoms with E-state index in [0.717, 1.165) is 14.9 Å². The van der Waals surface area contributed by atoms with Crippen LogP contribution in [0.2, 0.25) is 0 Å². The van der Waals surface area contributed by atoms with E-state index in [1.165, 1.54) is 6.08 Å². The van der Waals surface area contributed by atoms with E-state index in [0.29, 0.717) is 5.56 Å². The van der Waals surface area contributed by atoms with Crippen molar-refractivity contribution in [2.45, 2.75) is 6.92 Å². The second-order valence-electron chi connectivity index (χ2n) is 4.34.